The van der Waals surface area contributed by atoms with Crippen LogP contribution in [0.25, 0.3) is 0 Å². The first kappa shape index (κ1) is 19.6. The topological polar surface area (TPSA) is 88.5 Å². The molecule has 25 heavy (non-hydrogen) atoms. The summed E-state index contributed by atoms with van der Waals surface area (Å²) < 4.78 is 58.6. The fraction of sp³-hybridized carbons (Fsp3) is 1.00. The Kier molecular flexibility index (Phi) is 5.58. The van der Waals surface area contributed by atoms with E-state index in [9.17, 15) is 21.4 Å². The molecule has 3 saturated carbocycles. The Labute approximate surface area is 152 Å². The lowest BCUT2D eigenvalue weighted by molar-refractivity contribution is 0.162. The quantitative estimate of drug-likeness (QED) is 0.716. The molecule has 0 aromatic carbocycles. The lowest BCUT2D eigenvalue weighted by Crippen LogP contribution is -2.53. The van der Waals surface area contributed by atoms with E-state index in [1.54, 1.807) is 0 Å². The van der Waals surface area contributed by atoms with Gasteiger partial charge in [-0.25, -0.2) is 8.42 Å². The summed E-state index contributed by atoms with van der Waals surface area (Å²) in [5.41, 5.74) is 0. The van der Waals surface area contributed by atoms with Crippen LogP contribution in [0.1, 0.15) is 84.0 Å². The molecule has 3 fully saturated rings. The molecule has 0 heterocycles. The van der Waals surface area contributed by atoms with Crippen molar-refractivity contribution < 1.29 is 21.4 Å². The number of hydrogen-bond donors (Lipinski definition) is 1. The minimum atomic E-state index is -4.62. The highest BCUT2D eigenvalue weighted by Crippen LogP contribution is 2.51. The van der Waals surface area contributed by atoms with Crippen molar-refractivity contribution >= 4 is 20.0 Å². The Bertz CT molecular complexity index is 674. The summed E-state index contributed by atoms with van der Waals surface area (Å²) >= 11 is 0. The van der Waals surface area contributed by atoms with Crippen LogP contribution in [0.2, 0.25) is 0 Å². The van der Waals surface area contributed by atoms with E-state index in [4.69, 9.17) is 0 Å². The summed E-state index contributed by atoms with van der Waals surface area (Å²) in [4.78, 5) is 0. The molecule has 0 radical (unpaired) electrons. The van der Waals surface area contributed by atoms with Gasteiger partial charge in [0.2, 0.25) is 0 Å². The third kappa shape index (κ3) is 3.93. The van der Waals surface area contributed by atoms with Crippen LogP contribution >= 0.6 is 0 Å². The number of fused-ring (bicyclic) bond motifs is 2. The normalized spacial score (nSPS) is 36.1. The number of rotatable bonds is 5. The van der Waals surface area contributed by atoms with Crippen LogP contribution in [0.15, 0.2) is 0 Å². The van der Waals surface area contributed by atoms with E-state index in [1.165, 1.54) is 0 Å². The average molecular weight is 393 g/mol. The van der Waals surface area contributed by atoms with Crippen LogP contribution in [-0.4, -0.2) is 30.7 Å². The first-order valence-corrected chi connectivity index (χ1v) is 12.9. The van der Waals surface area contributed by atoms with E-state index < -0.39 is 29.3 Å². The number of hydrogen-bond acceptors (Lipinski definition) is 4. The van der Waals surface area contributed by atoms with Gasteiger partial charge < -0.3 is 0 Å². The molecule has 3 rings (SSSR count). The van der Waals surface area contributed by atoms with Gasteiger partial charge >= 0.3 is 0 Å². The molecule has 0 aromatic rings. The molecule has 4 atom stereocenters. The summed E-state index contributed by atoms with van der Waals surface area (Å²) in [5, 5.41) is 0. The summed E-state index contributed by atoms with van der Waals surface area (Å²) in [5.74, 6) is 0.766. The molecule has 0 aromatic heterocycles. The molecule has 4 unspecified atom stereocenters. The van der Waals surface area contributed by atoms with Crippen molar-refractivity contribution in [3.63, 3.8) is 0 Å². The first-order valence-electron chi connectivity index (χ1n) is 9.84. The van der Waals surface area contributed by atoms with Gasteiger partial charge in [-0.3, -0.25) is 4.55 Å². The van der Waals surface area contributed by atoms with Crippen LogP contribution in [0, 0.1) is 17.8 Å². The second kappa shape index (κ2) is 7.12. The van der Waals surface area contributed by atoms with Gasteiger partial charge in [0.1, 0.15) is 0 Å². The first-order chi connectivity index (χ1) is 11.6. The van der Waals surface area contributed by atoms with Crippen molar-refractivity contribution in [3.05, 3.63) is 0 Å². The van der Waals surface area contributed by atoms with Crippen LogP contribution in [0.3, 0.4) is 0 Å². The van der Waals surface area contributed by atoms with Crippen LogP contribution < -0.4 is 0 Å². The van der Waals surface area contributed by atoms with Crippen molar-refractivity contribution in [2.45, 2.75) is 93.3 Å². The molecule has 0 saturated heterocycles. The maximum absolute atomic E-state index is 13.5. The van der Waals surface area contributed by atoms with Gasteiger partial charge in [0.15, 0.2) is 14.4 Å². The van der Waals surface area contributed by atoms with Gasteiger partial charge in [-0.05, 0) is 49.9 Å². The molecule has 146 valence electrons. The highest BCUT2D eigenvalue weighted by atomic mass is 32.3. The van der Waals surface area contributed by atoms with E-state index in [1.807, 2.05) is 0 Å². The molecule has 0 spiro atoms. The average Bonchev–Trinajstić information content (AvgIpc) is 2.51. The zero-order valence-corrected chi connectivity index (χ0v) is 16.8. The molecular formula is C18H32O5S2. The minimum absolute atomic E-state index is 0.0714. The van der Waals surface area contributed by atoms with Gasteiger partial charge in [0.25, 0.3) is 10.1 Å². The molecule has 3 aliphatic rings. The highest BCUT2D eigenvalue weighted by Gasteiger charge is 2.56. The lowest BCUT2D eigenvalue weighted by atomic mass is 9.68. The van der Waals surface area contributed by atoms with E-state index in [0.29, 0.717) is 31.1 Å². The Balaban J connectivity index is 1.92. The van der Waals surface area contributed by atoms with Crippen LogP contribution in [0.4, 0.5) is 0 Å². The van der Waals surface area contributed by atoms with Crippen molar-refractivity contribution in [1.29, 1.82) is 0 Å². The van der Waals surface area contributed by atoms with Gasteiger partial charge in [-0.15, -0.1) is 0 Å². The Morgan fingerprint density at radius 1 is 1.00 bits per heavy atom. The van der Waals surface area contributed by atoms with Crippen LogP contribution in [-0.2, 0) is 20.0 Å². The molecule has 0 aliphatic heterocycles. The standard InChI is InChI=1S/C18H32O5S2/c1-14-10-16-8-5-9-18(12-14,13-16)24(19,20)17(25(21,22)23)11-15-6-3-2-4-7-15/h14-17H,2-13H2,1H3,(H,21,22,23). The van der Waals surface area contributed by atoms with Gasteiger partial charge in [0, 0.05) is 0 Å². The SMILES string of the molecule is CC1CC2CCCC(S(=O)(=O)C(CC3CCCCC3)S(=O)(=O)O)(C1)C2. The maximum Gasteiger partial charge on any atom is 0.282 e. The Morgan fingerprint density at radius 3 is 2.32 bits per heavy atom. The van der Waals surface area contributed by atoms with E-state index >= 15 is 0 Å². The minimum Gasteiger partial charge on any atom is -0.285 e. The van der Waals surface area contributed by atoms with E-state index in [2.05, 4.69) is 6.92 Å². The summed E-state index contributed by atoms with van der Waals surface area (Å²) in [7, 11) is -8.56. The smallest absolute Gasteiger partial charge is 0.282 e. The van der Waals surface area contributed by atoms with Crippen LogP contribution in [0.5, 0.6) is 0 Å². The fourth-order valence-corrected chi connectivity index (χ4v) is 10.8. The molecule has 2 bridgehead atoms. The second-order valence-electron chi connectivity index (χ2n) is 8.92. The Morgan fingerprint density at radius 2 is 1.68 bits per heavy atom. The summed E-state index contributed by atoms with van der Waals surface area (Å²) in [6, 6.07) is 0. The Hall–Kier alpha value is -0.140. The molecule has 0 amide bonds. The predicted octanol–water partition coefficient (Wildman–Crippen LogP) is 3.94. The van der Waals surface area contributed by atoms with Crippen molar-refractivity contribution in [2.24, 2.45) is 17.8 Å². The molecular weight excluding hydrogens is 360 g/mol. The monoisotopic (exact) mass is 392 g/mol. The van der Waals surface area contributed by atoms with Gasteiger partial charge in [-0.1, -0.05) is 51.9 Å². The van der Waals surface area contributed by atoms with Gasteiger partial charge in [0.05, 0.1) is 4.75 Å². The number of sulfone groups is 1. The largest absolute Gasteiger partial charge is 0.285 e. The zero-order chi connectivity index (χ0) is 18.3. The molecule has 5 nitrogen and oxygen atoms in total. The maximum atomic E-state index is 13.5. The second-order valence-corrected chi connectivity index (χ2v) is 13.3. The molecule has 3 aliphatic carbocycles. The molecule has 1 N–H and O–H groups in total. The molecule has 7 heteroatoms. The summed E-state index contributed by atoms with van der Waals surface area (Å²) in [6.45, 7) is 2.07. The van der Waals surface area contributed by atoms with E-state index in [-0.39, 0.29) is 12.3 Å². The van der Waals surface area contributed by atoms with Crippen molar-refractivity contribution in [2.75, 3.05) is 0 Å². The predicted molar refractivity (Wildman–Crippen MR) is 98.5 cm³/mol. The third-order valence-corrected chi connectivity index (χ3v) is 11.9. The lowest BCUT2D eigenvalue weighted by Gasteiger charge is -2.48. The third-order valence-electron chi connectivity index (χ3n) is 6.89. The fourth-order valence-electron chi connectivity index (χ4n) is 5.87. The van der Waals surface area contributed by atoms with Crippen molar-refractivity contribution in [1.82, 2.24) is 0 Å². The van der Waals surface area contributed by atoms with Crippen molar-refractivity contribution in [3.8, 4) is 0 Å². The summed E-state index contributed by atoms with van der Waals surface area (Å²) in [6.07, 6.45) is 9.58. The zero-order valence-electron chi connectivity index (χ0n) is 15.2. The highest BCUT2D eigenvalue weighted by molar-refractivity contribution is 8.07. The van der Waals surface area contributed by atoms with E-state index in [0.717, 1.165) is 51.4 Å². The van der Waals surface area contributed by atoms with Gasteiger partial charge in [-0.2, -0.15) is 8.42 Å².